The minimum absolute atomic E-state index is 0.0655. The van der Waals surface area contributed by atoms with Gasteiger partial charge in [0.15, 0.2) is 5.69 Å². The number of anilines is 1. The number of aromatic nitrogens is 1. The second kappa shape index (κ2) is 5.13. The second-order valence-electron chi connectivity index (χ2n) is 3.60. The molecule has 0 bridgehead atoms. The zero-order chi connectivity index (χ0) is 13.0. The standard InChI is InChI=1S/C12H11N3O3/c1-8-7-10(15-18-8)11(16)14-12(17)13-9-5-3-2-4-6-9/h2-7H,1H3,(H2,13,14,16,17). The fourth-order valence-electron chi connectivity index (χ4n) is 1.32. The van der Waals surface area contributed by atoms with Gasteiger partial charge in [0.1, 0.15) is 5.76 Å². The molecule has 0 atom stereocenters. The van der Waals surface area contributed by atoms with E-state index in [-0.39, 0.29) is 5.69 Å². The molecule has 0 saturated heterocycles. The minimum Gasteiger partial charge on any atom is -0.361 e. The predicted molar refractivity (Wildman–Crippen MR) is 64.2 cm³/mol. The Morgan fingerprint density at radius 1 is 1.22 bits per heavy atom. The van der Waals surface area contributed by atoms with Crippen LogP contribution in [0.4, 0.5) is 10.5 Å². The zero-order valence-electron chi connectivity index (χ0n) is 9.64. The maximum Gasteiger partial charge on any atom is 0.326 e. The first-order valence-corrected chi connectivity index (χ1v) is 5.26. The number of hydrogen-bond donors (Lipinski definition) is 2. The molecule has 2 N–H and O–H groups in total. The summed E-state index contributed by atoms with van der Waals surface area (Å²) in [5.41, 5.74) is 0.662. The Balaban J connectivity index is 1.94. The van der Waals surface area contributed by atoms with Gasteiger partial charge in [0, 0.05) is 11.8 Å². The quantitative estimate of drug-likeness (QED) is 0.846. The van der Waals surface area contributed by atoms with Gasteiger partial charge in [-0.25, -0.2) is 4.79 Å². The number of rotatable bonds is 2. The van der Waals surface area contributed by atoms with Crippen LogP contribution in [0, 0.1) is 6.92 Å². The first kappa shape index (κ1) is 11.8. The normalized spacial score (nSPS) is 9.83. The van der Waals surface area contributed by atoms with Crippen LogP contribution in [0.2, 0.25) is 0 Å². The summed E-state index contributed by atoms with van der Waals surface area (Å²) >= 11 is 0. The first-order chi connectivity index (χ1) is 8.65. The molecule has 0 aliphatic heterocycles. The van der Waals surface area contributed by atoms with Gasteiger partial charge >= 0.3 is 6.03 Å². The van der Waals surface area contributed by atoms with Crippen LogP contribution in [0.1, 0.15) is 16.2 Å². The molecule has 0 spiro atoms. The molecular formula is C12H11N3O3. The van der Waals surface area contributed by atoms with Gasteiger partial charge in [0.25, 0.3) is 5.91 Å². The summed E-state index contributed by atoms with van der Waals surface area (Å²) in [6, 6.07) is 9.63. The van der Waals surface area contributed by atoms with Gasteiger partial charge in [-0.05, 0) is 19.1 Å². The van der Waals surface area contributed by atoms with Crippen LogP contribution in [0.25, 0.3) is 0 Å². The predicted octanol–water partition coefficient (Wildman–Crippen LogP) is 1.94. The molecule has 0 radical (unpaired) electrons. The van der Waals surface area contributed by atoms with E-state index in [4.69, 9.17) is 4.52 Å². The van der Waals surface area contributed by atoms with Crippen molar-refractivity contribution in [1.82, 2.24) is 10.5 Å². The molecule has 0 saturated carbocycles. The average molecular weight is 245 g/mol. The van der Waals surface area contributed by atoms with Crippen LogP contribution in [0.5, 0.6) is 0 Å². The Labute approximate surface area is 103 Å². The molecule has 2 aromatic rings. The third kappa shape index (κ3) is 2.94. The van der Waals surface area contributed by atoms with Crippen LogP contribution in [0.15, 0.2) is 40.9 Å². The summed E-state index contributed by atoms with van der Waals surface area (Å²) in [6.45, 7) is 1.66. The van der Waals surface area contributed by atoms with E-state index in [2.05, 4.69) is 15.8 Å². The van der Waals surface area contributed by atoms with Crippen molar-refractivity contribution in [2.75, 3.05) is 5.32 Å². The summed E-state index contributed by atoms with van der Waals surface area (Å²) in [5.74, 6) is -0.108. The highest BCUT2D eigenvalue weighted by molar-refractivity contribution is 6.07. The summed E-state index contributed by atoms with van der Waals surface area (Å²) in [7, 11) is 0. The molecule has 1 aromatic heterocycles. The summed E-state index contributed by atoms with van der Waals surface area (Å²) < 4.78 is 4.74. The Morgan fingerprint density at radius 3 is 2.56 bits per heavy atom. The molecule has 2 rings (SSSR count). The molecule has 92 valence electrons. The Bertz CT molecular complexity index is 563. The van der Waals surface area contributed by atoms with Crippen molar-refractivity contribution in [3.8, 4) is 0 Å². The number of amides is 3. The lowest BCUT2D eigenvalue weighted by atomic mass is 10.3. The molecule has 0 aliphatic carbocycles. The molecule has 3 amide bonds. The monoisotopic (exact) mass is 245 g/mol. The topological polar surface area (TPSA) is 84.2 Å². The number of carbonyl (C=O) groups excluding carboxylic acids is 2. The third-order valence-corrected chi connectivity index (χ3v) is 2.12. The lowest BCUT2D eigenvalue weighted by molar-refractivity contribution is 0.0958. The second-order valence-corrected chi connectivity index (χ2v) is 3.60. The van der Waals surface area contributed by atoms with Gasteiger partial charge in [0.2, 0.25) is 0 Å². The summed E-state index contributed by atoms with van der Waals surface area (Å²) in [6.07, 6.45) is 0. The largest absolute Gasteiger partial charge is 0.361 e. The number of urea groups is 1. The number of nitrogens with zero attached hydrogens (tertiary/aromatic N) is 1. The van der Waals surface area contributed by atoms with Gasteiger partial charge in [-0.15, -0.1) is 0 Å². The maximum absolute atomic E-state index is 11.6. The van der Waals surface area contributed by atoms with Gasteiger partial charge in [-0.3, -0.25) is 10.1 Å². The Morgan fingerprint density at radius 2 is 1.94 bits per heavy atom. The van der Waals surface area contributed by atoms with Crippen LogP contribution < -0.4 is 10.6 Å². The smallest absolute Gasteiger partial charge is 0.326 e. The van der Waals surface area contributed by atoms with E-state index in [0.717, 1.165) is 0 Å². The Kier molecular flexibility index (Phi) is 3.38. The first-order valence-electron chi connectivity index (χ1n) is 5.26. The van der Waals surface area contributed by atoms with Crippen molar-refractivity contribution in [3.05, 3.63) is 47.9 Å². The molecule has 0 unspecified atom stereocenters. The van der Waals surface area contributed by atoms with E-state index >= 15 is 0 Å². The van der Waals surface area contributed by atoms with Crippen LogP contribution in [-0.2, 0) is 0 Å². The van der Waals surface area contributed by atoms with Gasteiger partial charge in [-0.1, -0.05) is 23.4 Å². The fraction of sp³-hybridized carbons (Fsp3) is 0.0833. The van der Waals surface area contributed by atoms with E-state index in [1.807, 2.05) is 6.07 Å². The van der Waals surface area contributed by atoms with Gasteiger partial charge in [0.05, 0.1) is 0 Å². The SMILES string of the molecule is Cc1cc(C(=O)NC(=O)Nc2ccccc2)no1. The van der Waals surface area contributed by atoms with Gasteiger partial charge in [-0.2, -0.15) is 0 Å². The zero-order valence-corrected chi connectivity index (χ0v) is 9.64. The molecular weight excluding hydrogens is 234 g/mol. The van der Waals surface area contributed by atoms with Crippen molar-refractivity contribution in [2.24, 2.45) is 0 Å². The van der Waals surface area contributed by atoms with Crippen molar-refractivity contribution in [1.29, 1.82) is 0 Å². The van der Waals surface area contributed by atoms with Crippen LogP contribution in [-0.4, -0.2) is 17.1 Å². The fourth-order valence-corrected chi connectivity index (χ4v) is 1.32. The van der Waals surface area contributed by atoms with Crippen molar-refractivity contribution in [3.63, 3.8) is 0 Å². The number of para-hydroxylation sites is 1. The number of carbonyl (C=O) groups is 2. The number of imide groups is 1. The number of aryl methyl sites for hydroxylation is 1. The van der Waals surface area contributed by atoms with E-state index in [0.29, 0.717) is 11.4 Å². The Hall–Kier alpha value is -2.63. The van der Waals surface area contributed by atoms with Crippen molar-refractivity contribution < 1.29 is 14.1 Å². The third-order valence-electron chi connectivity index (χ3n) is 2.12. The number of hydrogen-bond acceptors (Lipinski definition) is 4. The molecule has 6 heteroatoms. The lowest BCUT2D eigenvalue weighted by Gasteiger charge is -2.04. The lowest BCUT2D eigenvalue weighted by Crippen LogP contribution is -2.34. The van der Waals surface area contributed by atoms with E-state index in [1.165, 1.54) is 6.07 Å². The molecule has 0 aliphatic rings. The minimum atomic E-state index is -0.619. The molecule has 1 heterocycles. The molecule has 1 aromatic carbocycles. The maximum atomic E-state index is 11.6. The summed E-state index contributed by atoms with van der Waals surface area (Å²) in [4.78, 5) is 23.1. The summed E-state index contributed by atoms with van der Waals surface area (Å²) in [5, 5.41) is 8.18. The van der Waals surface area contributed by atoms with Crippen LogP contribution in [0.3, 0.4) is 0 Å². The highest BCUT2D eigenvalue weighted by Crippen LogP contribution is 2.05. The van der Waals surface area contributed by atoms with E-state index in [9.17, 15) is 9.59 Å². The molecule has 6 nitrogen and oxygen atoms in total. The van der Waals surface area contributed by atoms with E-state index < -0.39 is 11.9 Å². The van der Waals surface area contributed by atoms with Gasteiger partial charge < -0.3 is 9.84 Å². The average Bonchev–Trinajstić information content (AvgIpc) is 2.77. The van der Waals surface area contributed by atoms with E-state index in [1.54, 1.807) is 31.2 Å². The van der Waals surface area contributed by atoms with Crippen LogP contribution >= 0.6 is 0 Å². The number of benzene rings is 1. The van der Waals surface area contributed by atoms with Crippen molar-refractivity contribution in [2.45, 2.75) is 6.92 Å². The molecule has 18 heavy (non-hydrogen) atoms. The number of nitrogens with one attached hydrogen (secondary N) is 2. The van der Waals surface area contributed by atoms with Crippen molar-refractivity contribution >= 4 is 17.6 Å². The highest BCUT2D eigenvalue weighted by atomic mass is 16.5. The molecule has 0 fully saturated rings. The highest BCUT2D eigenvalue weighted by Gasteiger charge is 2.13.